The molecule has 3 aromatic carbocycles. The molecule has 4 nitrogen and oxygen atoms in total. The lowest BCUT2D eigenvalue weighted by Crippen LogP contribution is -2.27. The number of thioether (sulfide) groups is 1. The van der Waals surface area contributed by atoms with Crippen molar-refractivity contribution in [2.45, 2.75) is 19.8 Å². The molecule has 0 aliphatic carbocycles. The second-order valence-corrected chi connectivity index (χ2v) is 9.58. The number of benzene rings is 3. The highest BCUT2D eigenvalue weighted by Gasteiger charge is 2.34. The lowest BCUT2D eigenvalue weighted by Gasteiger charge is -2.29. The molecule has 0 saturated carbocycles. The summed E-state index contributed by atoms with van der Waals surface area (Å²) < 4.78 is 0. The molecule has 0 amide bonds. The van der Waals surface area contributed by atoms with Crippen LogP contribution in [0.5, 0.6) is 0 Å². The van der Waals surface area contributed by atoms with E-state index in [4.69, 9.17) is 11.6 Å². The number of carbonyl (C=O) groups is 2. The van der Waals surface area contributed by atoms with Gasteiger partial charge in [0.25, 0.3) is 0 Å². The van der Waals surface area contributed by atoms with Gasteiger partial charge in [-0.25, -0.2) is 0 Å². The Morgan fingerprint density at radius 1 is 0.971 bits per heavy atom. The van der Waals surface area contributed by atoms with Crippen LogP contribution in [0.2, 0.25) is 5.02 Å². The van der Waals surface area contributed by atoms with Gasteiger partial charge in [0.2, 0.25) is 0 Å². The van der Waals surface area contributed by atoms with Crippen molar-refractivity contribution in [1.82, 2.24) is 5.32 Å². The first-order chi connectivity index (χ1) is 16.9. The summed E-state index contributed by atoms with van der Waals surface area (Å²) in [5.41, 5.74) is 4.96. The molecule has 1 aliphatic heterocycles. The SMILES string of the molecule is CC(=O)C1=C(C)NC(SCC(=O)c2ccc(-c3ccccc3)cc2)=C(C#N)[C@H]1c1ccccc1Cl. The highest BCUT2D eigenvalue weighted by Crippen LogP contribution is 2.43. The summed E-state index contributed by atoms with van der Waals surface area (Å²) in [5, 5.41) is 14.3. The Labute approximate surface area is 214 Å². The number of allylic oxidation sites excluding steroid dienone is 3. The summed E-state index contributed by atoms with van der Waals surface area (Å²) in [4.78, 5) is 25.5. The zero-order valence-corrected chi connectivity index (χ0v) is 20.9. The third kappa shape index (κ3) is 5.24. The number of Topliss-reactive ketones (excluding diaryl/α,β-unsaturated/α-hetero) is 2. The minimum atomic E-state index is -0.588. The van der Waals surface area contributed by atoms with Crippen LogP contribution in [0.25, 0.3) is 11.1 Å². The van der Waals surface area contributed by atoms with E-state index in [0.29, 0.717) is 38.0 Å². The maximum atomic E-state index is 12.9. The fourth-order valence-corrected chi connectivity index (χ4v) is 5.45. The average molecular weight is 499 g/mol. The van der Waals surface area contributed by atoms with Gasteiger partial charge in [0.1, 0.15) is 0 Å². The fourth-order valence-electron chi connectivity index (χ4n) is 4.21. The molecule has 6 heteroatoms. The fraction of sp³-hybridized carbons (Fsp3) is 0.138. The largest absolute Gasteiger partial charge is 0.353 e. The molecule has 0 unspecified atom stereocenters. The predicted octanol–water partition coefficient (Wildman–Crippen LogP) is 6.91. The Kier molecular flexibility index (Phi) is 7.55. The maximum absolute atomic E-state index is 12.9. The van der Waals surface area contributed by atoms with Gasteiger partial charge < -0.3 is 5.32 Å². The van der Waals surface area contributed by atoms with Crippen molar-refractivity contribution in [3.8, 4) is 17.2 Å². The smallest absolute Gasteiger partial charge is 0.173 e. The monoisotopic (exact) mass is 498 g/mol. The van der Waals surface area contributed by atoms with Crippen LogP contribution >= 0.6 is 23.4 Å². The molecule has 0 bridgehead atoms. The number of hydrogen-bond donors (Lipinski definition) is 1. The van der Waals surface area contributed by atoms with Crippen LogP contribution in [0.1, 0.15) is 35.7 Å². The number of nitrogens with one attached hydrogen (secondary N) is 1. The van der Waals surface area contributed by atoms with Gasteiger partial charge in [-0.3, -0.25) is 9.59 Å². The zero-order chi connectivity index (χ0) is 24.9. The van der Waals surface area contributed by atoms with E-state index in [1.807, 2.05) is 72.8 Å². The molecule has 1 heterocycles. The van der Waals surface area contributed by atoms with Crippen molar-refractivity contribution in [3.05, 3.63) is 117 Å². The van der Waals surface area contributed by atoms with Crippen LogP contribution < -0.4 is 5.32 Å². The number of dihydropyridines is 1. The van der Waals surface area contributed by atoms with E-state index in [0.717, 1.165) is 11.1 Å². The highest BCUT2D eigenvalue weighted by atomic mass is 35.5. The van der Waals surface area contributed by atoms with Gasteiger partial charge in [0, 0.05) is 21.9 Å². The first-order valence-corrected chi connectivity index (χ1v) is 12.5. The molecule has 174 valence electrons. The number of carbonyl (C=O) groups excluding carboxylic acids is 2. The van der Waals surface area contributed by atoms with Crippen molar-refractivity contribution < 1.29 is 9.59 Å². The second kappa shape index (κ2) is 10.8. The van der Waals surface area contributed by atoms with Gasteiger partial charge >= 0.3 is 0 Å². The Hall–Kier alpha value is -3.59. The maximum Gasteiger partial charge on any atom is 0.173 e. The molecule has 1 N–H and O–H groups in total. The number of nitriles is 1. The highest BCUT2D eigenvalue weighted by molar-refractivity contribution is 8.03. The molecule has 0 saturated heterocycles. The minimum absolute atomic E-state index is 0.0468. The first kappa shape index (κ1) is 24.5. The van der Waals surface area contributed by atoms with E-state index in [1.54, 1.807) is 13.0 Å². The molecule has 0 fully saturated rings. The van der Waals surface area contributed by atoms with Crippen molar-refractivity contribution >= 4 is 34.9 Å². The topological polar surface area (TPSA) is 70.0 Å². The number of ketones is 2. The lowest BCUT2D eigenvalue weighted by atomic mass is 9.81. The third-order valence-corrected chi connectivity index (χ3v) is 7.27. The summed E-state index contributed by atoms with van der Waals surface area (Å²) >= 11 is 7.73. The van der Waals surface area contributed by atoms with Crippen LogP contribution in [0.15, 0.2) is 101 Å². The predicted molar refractivity (Wildman–Crippen MR) is 142 cm³/mol. The number of halogens is 1. The van der Waals surface area contributed by atoms with Crippen LogP contribution in [0.3, 0.4) is 0 Å². The Morgan fingerprint density at radius 3 is 2.23 bits per heavy atom. The molecule has 0 radical (unpaired) electrons. The van der Waals surface area contributed by atoms with E-state index in [2.05, 4.69) is 11.4 Å². The van der Waals surface area contributed by atoms with Crippen molar-refractivity contribution in [2.24, 2.45) is 0 Å². The molecule has 1 aliphatic rings. The molecule has 4 rings (SSSR count). The van der Waals surface area contributed by atoms with Crippen LogP contribution in [0, 0.1) is 11.3 Å². The average Bonchev–Trinajstić information content (AvgIpc) is 2.87. The summed E-state index contributed by atoms with van der Waals surface area (Å²) in [6.45, 7) is 3.29. The summed E-state index contributed by atoms with van der Waals surface area (Å²) in [6.07, 6.45) is 0. The molecule has 3 aromatic rings. The lowest BCUT2D eigenvalue weighted by molar-refractivity contribution is -0.113. The van der Waals surface area contributed by atoms with Gasteiger partial charge in [-0.15, -0.1) is 0 Å². The Bertz CT molecular complexity index is 1390. The second-order valence-electron chi connectivity index (χ2n) is 8.18. The van der Waals surface area contributed by atoms with E-state index >= 15 is 0 Å². The molecule has 1 atom stereocenters. The van der Waals surface area contributed by atoms with Crippen LogP contribution in [0.4, 0.5) is 0 Å². The number of hydrogen-bond acceptors (Lipinski definition) is 5. The number of nitrogens with zero attached hydrogens (tertiary/aromatic N) is 1. The Morgan fingerprint density at radius 2 is 1.60 bits per heavy atom. The van der Waals surface area contributed by atoms with Gasteiger partial charge in [-0.05, 0) is 36.6 Å². The summed E-state index contributed by atoms with van der Waals surface area (Å²) in [7, 11) is 0. The minimum Gasteiger partial charge on any atom is -0.353 e. The van der Waals surface area contributed by atoms with E-state index in [1.165, 1.54) is 18.7 Å². The molecule has 35 heavy (non-hydrogen) atoms. The molecular weight excluding hydrogens is 476 g/mol. The Balaban J connectivity index is 1.59. The van der Waals surface area contributed by atoms with Gasteiger partial charge in [0.15, 0.2) is 11.6 Å². The molecule has 0 spiro atoms. The molecular formula is C29H23ClN2O2S. The summed E-state index contributed by atoms with van der Waals surface area (Å²) in [5.74, 6) is -0.619. The van der Waals surface area contributed by atoms with Gasteiger partial charge in [-0.1, -0.05) is 96.2 Å². The first-order valence-electron chi connectivity index (χ1n) is 11.1. The van der Waals surface area contributed by atoms with E-state index in [-0.39, 0.29) is 17.3 Å². The van der Waals surface area contributed by atoms with Crippen molar-refractivity contribution in [1.29, 1.82) is 5.26 Å². The molecule has 0 aromatic heterocycles. The van der Waals surface area contributed by atoms with Gasteiger partial charge in [-0.2, -0.15) is 5.26 Å². The van der Waals surface area contributed by atoms with E-state index < -0.39 is 5.92 Å². The quantitative estimate of drug-likeness (QED) is 0.358. The van der Waals surface area contributed by atoms with Crippen molar-refractivity contribution in [2.75, 3.05) is 5.75 Å². The van der Waals surface area contributed by atoms with Crippen LogP contribution in [-0.4, -0.2) is 17.3 Å². The van der Waals surface area contributed by atoms with Gasteiger partial charge in [0.05, 0.1) is 28.3 Å². The zero-order valence-electron chi connectivity index (χ0n) is 19.3. The van der Waals surface area contributed by atoms with Crippen molar-refractivity contribution in [3.63, 3.8) is 0 Å². The third-order valence-electron chi connectivity index (χ3n) is 5.90. The standard InChI is InChI=1S/C29H23ClN2O2S/c1-18-27(19(2)33)28(23-10-6-7-11-25(23)30)24(16-31)29(32-18)35-17-26(34)22-14-12-21(13-15-22)20-8-4-3-5-9-20/h3-15,28,32H,17H2,1-2H3/t28-/m1/s1. The number of rotatable bonds is 7. The van der Waals surface area contributed by atoms with E-state index in [9.17, 15) is 14.9 Å². The normalized spacial score (nSPS) is 15.4. The summed E-state index contributed by atoms with van der Waals surface area (Å²) in [6, 6.07) is 27.0. The van der Waals surface area contributed by atoms with Crippen LogP contribution in [-0.2, 0) is 4.79 Å².